The molecule has 0 radical (unpaired) electrons. The molecule has 5 aromatic rings. The van der Waals surface area contributed by atoms with Crippen LogP contribution in [0.15, 0.2) is 103 Å². The van der Waals surface area contributed by atoms with Crippen LogP contribution in [0, 0.1) is 0 Å². The second kappa shape index (κ2) is 6.96. The minimum atomic E-state index is 0.861. The first-order valence-electron chi connectivity index (χ1n) is 9.07. The van der Waals surface area contributed by atoms with Crippen LogP contribution in [0.2, 0.25) is 0 Å². The molecule has 0 amide bonds. The maximum atomic E-state index is 4.91. The molecule has 0 spiro atoms. The van der Waals surface area contributed by atoms with Gasteiger partial charge in [-0.2, -0.15) is 10.2 Å². The van der Waals surface area contributed by atoms with Gasteiger partial charge in [-0.25, -0.2) is 14.3 Å². The third-order valence-electron chi connectivity index (χ3n) is 4.56. The Balaban J connectivity index is 1.59. The van der Waals surface area contributed by atoms with Gasteiger partial charge in [0.25, 0.3) is 0 Å². The van der Waals surface area contributed by atoms with Crippen LogP contribution in [0.3, 0.4) is 0 Å². The topological polar surface area (TPSA) is 48.5 Å². The lowest BCUT2D eigenvalue weighted by Gasteiger charge is -2.10. The molecule has 0 aliphatic rings. The summed E-state index contributed by atoms with van der Waals surface area (Å²) in [6.45, 7) is 0. The van der Waals surface area contributed by atoms with Crippen LogP contribution in [0.5, 0.6) is 0 Å². The monoisotopic (exact) mass is 363 g/mol. The van der Waals surface area contributed by atoms with E-state index in [1.165, 1.54) is 0 Å². The summed E-state index contributed by atoms with van der Waals surface area (Å²) < 4.78 is 3.81. The summed E-state index contributed by atoms with van der Waals surface area (Å²) in [7, 11) is 0. The standard InChI is InChI=1S/C23H17N5/c1-3-8-18(9-4-1)27-22(14-16-24-27)20-12-7-13-21(26-20)23-15-17-25-28(23)19-10-5-2-6-11-19/h1-17H. The quantitative estimate of drug-likeness (QED) is 0.461. The van der Waals surface area contributed by atoms with Gasteiger partial charge >= 0.3 is 0 Å². The normalized spacial score (nSPS) is 10.9. The fourth-order valence-electron chi connectivity index (χ4n) is 3.26. The van der Waals surface area contributed by atoms with Gasteiger partial charge in [-0.1, -0.05) is 42.5 Å². The van der Waals surface area contributed by atoms with Gasteiger partial charge in [0.1, 0.15) is 0 Å². The van der Waals surface area contributed by atoms with Gasteiger partial charge < -0.3 is 0 Å². The predicted octanol–water partition coefficient (Wildman–Crippen LogP) is 4.79. The molecular formula is C23H17N5. The summed E-state index contributed by atoms with van der Waals surface area (Å²) in [5.74, 6) is 0. The summed E-state index contributed by atoms with van der Waals surface area (Å²) in [5, 5.41) is 8.96. The molecule has 5 rings (SSSR count). The van der Waals surface area contributed by atoms with Crippen LogP contribution >= 0.6 is 0 Å². The third kappa shape index (κ3) is 2.89. The molecule has 0 fully saturated rings. The van der Waals surface area contributed by atoms with E-state index in [9.17, 15) is 0 Å². The molecule has 0 aliphatic carbocycles. The van der Waals surface area contributed by atoms with Crippen molar-refractivity contribution in [3.8, 4) is 34.2 Å². The molecule has 28 heavy (non-hydrogen) atoms. The van der Waals surface area contributed by atoms with E-state index in [0.29, 0.717) is 0 Å². The Labute approximate surface area is 162 Å². The lowest BCUT2D eigenvalue weighted by molar-refractivity contribution is 0.878. The van der Waals surface area contributed by atoms with Crippen molar-refractivity contribution in [1.82, 2.24) is 24.5 Å². The number of para-hydroxylation sites is 2. The van der Waals surface area contributed by atoms with Crippen LogP contribution in [-0.2, 0) is 0 Å². The number of benzene rings is 2. The van der Waals surface area contributed by atoms with Crippen LogP contribution < -0.4 is 0 Å². The number of hydrogen-bond acceptors (Lipinski definition) is 3. The van der Waals surface area contributed by atoms with Crippen molar-refractivity contribution in [2.24, 2.45) is 0 Å². The van der Waals surface area contributed by atoms with Crippen molar-refractivity contribution >= 4 is 0 Å². The maximum absolute atomic E-state index is 4.91. The highest BCUT2D eigenvalue weighted by atomic mass is 15.3. The van der Waals surface area contributed by atoms with E-state index in [-0.39, 0.29) is 0 Å². The Hall–Kier alpha value is -3.99. The average molecular weight is 363 g/mol. The minimum Gasteiger partial charge on any atom is -0.245 e. The van der Waals surface area contributed by atoms with Gasteiger partial charge in [0.2, 0.25) is 0 Å². The van der Waals surface area contributed by atoms with Crippen molar-refractivity contribution in [2.45, 2.75) is 0 Å². The lowest BCUT2D eigenvalue weighted by atomic mass is 10.2. The van der Waals surface area contributed by atoms with Crippen molar-refractivity contribution in [2.75, 3.05) is 0 Å². The predicted molar refractivity (Wildman–Crippen MR) is 109 cm³/mol. The largest absolute Gasteiger partial charge is 0.245 e. The Bertz CT molecular complexity index is 1110. The van der Waals surface area contributed by atoms with Gasteiger partial charge in [0.05, 0.1) is 46.5 Å². The van der Waals surface area contributed by atoms with E-state index >= 15 is 0 Å². The molecule has 0 aliphatic heterocycles. The Kier molecular flexibility index (Phi) is 4.03. The fourth-order valence-corrected chi connectivity index (χ4v) is 3.26. The molecule has 0 bridgehead atoms. The van der Waals surface area contributed by atoms with E-state index in [4.69, 9.17) is 4.98 Å². The van der Waals surface area contributed by atoms with E-state index in [1.807, 2.05) is 100 Å². The fraction of sp³-hybridized carbons (Fsp3) is 0. The SMILES string of the molecule is c1ccc(-n2nccc2-c2cccc(-c3ccnn3-c3ccccc3)n2)cc1. The van der Waals surface area contributed by atoms with E-state index in [0.717, 1.165) is 34.2 Å². The third-order valence-corrected chi connectivity index (χ3v) is 4.56. The first kappa shape index (κ1) is 16.2. The van der Waals surface area contributed by atoms with Crippen molar-refractivity contribution in [1.29, 1.82) is 0 Å². The Morgan fingerprint density at radius 1 is 0.464 bits per heavy atom. The van der Waals surface area contributed by atoms with E-state index in [2.05, 4.69) is 10.2 Å². The van der Waals surface area contributed by atoms with Crippen molar-refractivity contribution < 1.29 is 0 Å². The molecule has 0 N–H and O–H groups in total. The number of nitrogens with zero attached hydrogens (tertiary/aromatic N) is 5. The van der Waals surface area contributed by atoms with Gasteiger partial charge in [-0.3, -0.25) is 0 Å². The van der Waals surface area contributed by atoms with E-state index in [1.54, 1.807) is 12.4 Å². The van der Waals surface area contributed by atoms with Crippen LogP contribution in [0.25, 0.3) is 34.2 Å². The molecule has 2 aromatic carbocycles. The van der Waals surface area contributed by atoms with Gasteiger partial charge in [-0.05, 0) is 48.5 Å². The lowest BCUT2D eigenvalue weighted by Crippen LogP contribution is -2.02. The second-order valence-corrected chi connectivity index (χ2v) is 6.34. The molecule has 3 heterocycles. The number of rotatable bonds is 4. The molecule has 0 atom stereocenters. The molecule has 3 aromatic heterocycles. The molecule has 0 saturated heterocycles. The smallest absolute Gasteiger partial charge is 0.0925 e. The Morgan fingerprint density at radius 3 is 1.39 bits per heavy atom. The first-order valence-corrected chi connectivity index (χ1v) is 9.07. The molecule has 5 heteroatoms. The molecule has 0 unspecified atom stereocenters. The average Bonchev–Trinajstić information content (AvgIpc) is 3.45. The summed E-state index contributed by atoms with van der Waals surface area (Å²) in [6, 6.07) is 30.1. The highest BCUT2D eigenvalue weighted by molar-refractivity contribution is 5.64. The summed E-state index contributed by atoms with van der Waals surface area (Å²) in [6.07, 6.45) is 3.59. The minimum absolute atomic E-state index is 0.861. The summed E-state index contributed by atoms with van der Waals surface area (Å²) in [5.41, 5.74) is 5.62. The molecule has 134 valence electrons. The zero-order valence-electron chi connectivity index (χ0n) is 15.1. The molecular weight excluding hydrogens is 346 g/mol. The maximum Gasteiger partial charge on any atom is 0.0925 e. The summed E-state index contributed by atoms with van der Waals surface area (Å²) in [4.78, 5) is 4.91. The van der Waals surface area contributed by atoms with Crippen LogP contribution in [0.1, 0.15) is 0 Å². The number of pyridine rings is 1. The zero-order chi connectivity index (χ0) is 18.8. The van der Waals surface area contributed by atoms with E-state index < -0.39 is 0 Å². The molecule has 0 saturated carbocycles. The number of hydrogen-bond donors (Lipinski definition) is 0. The second-order valence-electron chi connectivity index (χ2n) is 6.34. The van der Waals surface area contributed by atoms with Gasteiger partial charge in [-0.15, -0.1) is 0 Å². The molecule has 5 nitrogen and oxygen atoms in total. The highest BCUT2D eigenvalue weighted by Gasteiger charge is 2.12. The van der Waals surface area contributed by atoms with Crippen LogP contribution in [0.4, 0.5) is 0 Å². The van der Waals surface area contributed by atoms with Gasteiger partial charge in [0.15, 0.2) is 0 Å². The highest BCUT2D eigenvalue weighted by Crippen LogP contribution is 2.25. The van der Waals surface area contributed by atoms with Crippen molar-refractivity contribution in [3.63, 3.8) is 0 Å². The Morgan fingerprint density at radius 2 is 0.929 bits per heavy atom. The number of aromatic nitrogens is 5. The zero-order valence-corrected chi connectivity index (χ0v) is 15.1. The van der Waals surface area contributed by atoms with Crippen LogP contribution in [-0.4, -0.2) is 24.5 Å². The van der Waals surface area contributed by atoms with Gasteiger partial charge in [0, 0.05) is 0 Å². The first-order chi connectivity index (χ1) is 13.9. The van der Waals surface area contributed by atoms with Crippen molar-refractivity contribution in [3.05, 3.63) is 103 Å². The summed E-state index contributed by atoms with van der Waals surface area (Å²) >= 11 is 0.